The van der Waals surface area contributed by atoms with E-state index in [2.05, 4.69) is 199 Å². The molecule has 0 fully saturated rings. The average Bonchev–Trinajstić information content (AvgIpc) is 3.86. The van der Waals surface area contributed by atoms with Gasteiger partial charge in [0.15, 0.2) is 0 Å². The number of carbonyl (C=O) groups excluding carboxylic acids is 1. The van der Waals surface area contributed by atoms with Crippen LogP contribution in [0, 0.1) is 0 Å². The highest BCUT2D eigenvalue weighted by Gasteiger charge is 2.23. The molecule has 0 atom stereocenters. The number of nitrogens with zero attached hydrogens (tertiary/aromatic N) is 2. The van der Waals surface area contributed by atoms with E-state index >= 15 is 0 Å². The number of hydrogen-bond acceptors (Lipinski definition) is 4. The summed E-state index contributed by atoms with van der Waals surface area (Å²) in [5, 5.41) is 5.06. The monoisotopic (exact) mass is 1020 g/mol. The molecule has 2 aromatic heterocycles. The molecule has 0 bridgehead atoms. The lowest BCUT2D eigenvalue weighted by Crippen LogP contribution is -1.98. The van der Waals surface area contributed by atoms with Gasteiger partial charge in [0.25, 0.3) is 0 Å². The van der Waals surface area contributed by atoms with Crippen molar-refractivity contribution in [3.8, 4) is 11.4 Å². The minimum Gasteiger partial charge on any atom is -0.309 e. The molecule has 66 heavy (non-hydrogen) atoms. The summed E-state index contributed by atoms with van der Waals surface area (Å²) in [7, 11) is -2.97. The lowest BCUT2D eigenvalue weighted by atomic mass is 10.1. The van der Waals surface area contributed by atoms with Gasteiger partial charge in [0, 0.05) is 47.4 Å². The maximum atomic E-state index is 12.2. The molecule has 0 aliphatic rings. The number of benzene rings is 8. The van der Waals surface area contributed by atoms with Crippen molar-refractivity contribution >= 4 is 102 Å². The third-order valence-electron chi connectivity index (χ3n) is 10.9. The first-order valence-corrected chi connectivity index (χ1v) is 24.8. The van der Waals surface area contributed by atoms with Gasteiger partial charge in [-0.05, 0) is 115 Å². The van der Waals surface area contributed by atoms with Crippen LogP contribution in [-0.2, 0) is 19.8 Å². The largest absolute Gasteiger partial charge is 0.335 e. The molecule has 0 amide bonds. The van der Waals surface area contributed by atoms with E-state index in [1.807, 2.05) is 62.4 Å². The molecule has 0 spiro atoms. The normalized spacial score (nSPS) is 11.3. The Kier molecular flexibility index (Phi) is 16.2. The minimum absolute atomic E-state index is 0. The molecular formula is C57H51Br2N2O4P. The fourth-order valence-corrected chi connectivity index (χ4v) is 10.2. The van der Waals surface area contributed by atoms with Crippen LogP contribution < -0.4 is 0 Å². The molecule has 8 aromatic carbocycles. The molecule has 0 saturated carbocycles. The van der Waals surface area contributed by atoms with Gasteiger partial charge in [0.1, 0.15) is 6.29 Å². The maximum absolute atomic E-state index is 12.2. The van der Waals surface area contributed by atoms with E-state index in [0.29, 0.717) is 24.9 Å². The van der Waals surface area contributed by atoms with Gasteiger partial charge in [-0.25, -0.2) is 0 Å². The van der Waals surface area contributed by atoms with Crippen LogP contribution in [0.3, 0.4) is 0 Å². The van der Waals surface area contributed by atoms with E-state index in [0.717, 1.165) is 26.5 Å². The Labute approximate surface area is 403 Å². The Morgan fingerprint density at radius 2 is 0.773 bits per heavy atom. The lowest BCUT2D eigenvalue weighted by Gasteiger charge is -2.16. The Bertz CT molecular complexity index is 3150. The van der Waals surface area contributed by atoms with Gasteiger partial charge in [-0.1, -0.05) is 161 Å². The molecular weight excluding hydrogens is 967 g/mol. The third kappa shape index (κ3) is 11.1. The SMILES string of the molecule is Brc1ccc(/C=C/c2ccc(-n3c4ccccc4c4ccccc43)cc2)cc1.C.CCOP(=O)(Cc1ccc(Br)cc1)OCC.O=Cc1ccc(-n2c3ccccc3c3ccccc32)cc1. The van der Waals surface area contributed by atoms with E-state index in [4.69, 9.17) is 9.05 Å². The van der Waals surface area contributed by atoms with Crippen molar-refractivity contribution in [2.45, 2.75) is 27.4 Å². The fourth-order valence-electron chi connectivity index (χ4n) is 7.94. The van der Waals surface area contributed by atoms with Crippen molar-refractivity contribution in [1.29, 1.82) is 0 Å². The molecule has 0 N–H and O–H groups in total. The van der Waals surface area contributed by atoms with Crippen LogP contribution in [0.5, 0.6) is 0 Å². The van der Waals surface area contributed by atoms with Gasteiger partial charge < -0.3 is 18.2 Å². The van der Waals surface area contributed by atoms with E-state index in [1.54, 1.807) is 0 Å². The van der Waals surface area contributed by atoms with Gasteiger partial charge in [-0.15, -0.1) is 0 Å². The molecule has 332 valence electrons. The van der Waals surface area contributed by atoms with Crippen LogP contribution in [-0.4, -0.2) is 28.6 Å². The van der Waals surface area contributed by atoms with Crippen LogP contribution in [0.2, 0.25) is 0 Å². The average molecular weight is 1020 g/mol. The predicted octanol–water partition coefficient (Wildman–Crippen LogP) is 17.2. The number of hydrogen-bond donors (Lipinski definition) is 0. The zero-order valence-electron chi connectivity index (χ0n) is 36.1. The van der Waals surface area contributed by atoms with Crippen molar-refractivity contribution in [3.05, 3.63) is 225 Å². The number of para-hydroxylation sites is 4. The summed E-state index contributed by atoms with van der Waals surface area (Å²) in [5.41, 5.74) is 11.1. The van der Waals surface area contributed by atoms with Crippen LogP contribution in [0.1, 0.15) is 48.3 Å². The Balaban J connectivity index is 0.000000153. The van der Waals surface area contributed by atoms with Crippen LogP contribution in [0.25, 0.3) is 67.1 Å². The topological polar surface area (TPSA) is 62.5 Å². The maximum Gasteiger partial charge on any atom is 0.335 e. The first-order chi connectivity index (χ1) is 31.8. The highest BCUT2D eigenvalue weighted by molar-refractivity contribution is 9.10. The van der Waals surface area contributed by atoms with Gasteiger partial charge >= 0.3 is 7.60 Å². The molecule has 0 aliphatic carbocycles. The van der Waals surface area contributed by atoms with E-state index in [1.165, 1.54) is 60.4 Å². The van der Waals surface area contributed by atoms with Crippen molar-refractivity contribution < 1.29 is 18.4 Å². The number of carbonyl (C=O) groups is 1. The van der Waals surface area contributed by atoms with Crippen molar-refractivity contribution in [2.75, 3.05) is 13.2 Å². The lowest BCUT2D eigenvalue weighted by molar-refractivity contribution is 0.112. The molecule has 0 radical (unpaired) electrons. The number of aromatic nitrogens is 2. The second-order valence-corrected chi connectivity index (χ2v) is 19.0. The molecule has 2 heterocycles. The van der Waals surface area contributed by atoms with Crippen molar-refractivity contribution in [3.63, 3.8) is 0 Å². The molecule has 0 aliphatic heterocycles. The fraction of sp³-hybridized carbons (Fsp3) is 0.105. The summed E-state index contributed by atoms with van der Waals surface area (Å²) in [4.78, 5) is 10.8. The molecule has 10 aromatic rings. The first-order valence-electron chi connectivity index (χ1n) is 21.5. The molecule has 10 rings (SSSR count). The summed E-state index contributed by atoms with van der Waals surface area (Å²) < 4.78 is 29.3. The molecule has 0 unspecified atom stereocenters. The van der Waals surface area contributed by atoms with Gasteiger partial charge in [0.2, 0.25) is 0 Å². The summed E-state index contributed by atoms with van der Waals surface area (Å²) in [6.45, 7) is 4.42. The number of rotatable bonds is 11. The molecule has 6 nitrogen and oxygen atoms in total. The summed E-state index contributed by atoms with van der Waals surface area (Å²) in [5.74, 6) is 0. The standard InChI is InChI=1S/C26H18BrN.C19H13NO.C11H16BrO3P.CH4/c27-21-15-11-19(12-16-21)9-10-20-13-17-22(18-14-20)28-25-7-3-1-5-23(25)24-6-2-4-8-26(24)28;21-13-14-9-11-15(12-10-14)20-18-7-3-1-5-16(18)17-6-2-4-8-19(17)20;1-3-14-16(13,15-4-2)9-10-5-7-11(12)8-6-10;/h1-18H;1-13H;5-8H,3-4,9H2,1-2H3;1H4/b10-9+;;;. The van der Waals surface area contributed by atoms with E-state index < -0.39 is 7.60 Å². The van der Waals surface area contributed by atoms with Gasteiger partial charge in [-0.3, -0.25) is 9.36 Å². The van der Waals surface area contributed by atoms with E-state index in [9.17, 15) is 9.36 Å². The zero-order valence-corrected chi connectivity index (χ0v) is 40.1. The first kappa shape index (κ1) is 47.8. The number of fused-ring (bicyclic) bond motifs is 6. The quantitative estimate of drug-likeness (QED) is 0.0736. The predicted molar refractivity (Wildman–Crippen MR) is 285 cm³/mol. The van der Waals surface area contributed by atoms with E-state index in [-0.39, 0.29) is 7.43 Å². The second-order valence-electron chi connectivity index (χ2n) is 15.2. The highest BCUT2D eigenvalue weighted by Crippen LogP contribution is 2.51. The third-order valence-corrected chi connectivity index (χ3v) is 14.0. The molecule has 9 heteroatoms. The Morgan fingerprint density at radius 1 is 0.455 bits per heavy atom. The van der Waals surface area contributed by atoms with Crippen LogP contribution >= 0.6 is 39.5 Å². The summed E-state index contributed by atoms with van der Waals surface area (Å²) >= 11 is 6.83. The smallest absolute Gasteiger partial charge is 0.309 e. The van der Waals surface area contributed by atoms with Crippen LogP contribution in [0.15, 0.2) is 203 Å². The van der Waals surface area contributed by atoms with Gasteiger partial charge in [0.05, 0.1) is 41.4 Å². The Hall–Kier alpha value is -6.12. The summed E-state index contributed by atoms with van der Waals surface area (Å²) in [6.07, 6.45) is 5.48. The highest BCUT2D eigenvalue weighted by atomic mass is 79.9. The zero-order chi connectivity index (χ0) is 45.2. The Morgan fingerprint density at radius 3 is 1.12 bits per heavy atom. The van der Waals surface area contributed by atoms with Crippen molar-refractivity contribution in [2.24, 2.45) is 0 Å². The number of halogens is 2. The van der Waals surface area contributed by atoms with Gasteiger partial charge in [-0.2, -0.15) is 0 Å². The number of aldehydes is 1. The second kappa shape index (κ2) is 22.4. The van der Waals surface area contributed by atoms with Crippen LogP contribution in [0.4, 0.5) is 0 Å². The minimum atomic E-state index is -2.97. The van der Waals surface area contributed by atoms with Crippen molar-refractivity contribution in [1.82, 2.24) is 9.13 Å². The molecule has 0 saturated heterocycles. The summed E-state index contributed by atoms with van der Waals surface area (Å²) in [6, 6.07) is 66.4.